The molecular formula is C19H14ClN2O4-. The van der Waals surface area contributed by atoms with Crippen molar-refractivity contribution in [2.45, 2.75) is 18.4 Å². The zero-order chi connectivity index (χ0) is 18.4. The normalized spacial score (nSPS) is 23.0. The van der Waals surface area contributed by atoms with Crippen molar-refractivity contribution < 1.29 is 14.8 Å². The number of anilines is 1. The van der Waals surface area contributed by atoms with Gasteiger partial charge >= 0.3 is 0 Å². The fourth-order valence-electron chi connectivity index (χ4n) is 3.91. The summed E-state index contributed by atoms with van der Waals surface area (Å²) in [6.07, 6.45) is 4.88. The third kappa shape index (κ3) is 2.63. The van der Waals surface area contributed by atoms with Gasteiger partial charge in [0.05, 0.1) is 16.9 Å². The Labute approximate surface area is 154 Å². The number of nitro groups is 1. The number of carbonyl (C=O) groups excluding carboxylic acids is 1. The molecule has 2 aromatic carbocycles. The fourth-order valence-corrected chi connectivity index (χ4v) is 4.15. The molecule has 132 valence electrons. The molecule has 2 aromatic rings. The van der Waals surface area contributed by atoms with E-state index in [1.165, 1.54) is 18.2 Å². The maximum Gasteiger partial charge on any atom is 0.269 e. The first-order valence-electron chi connectivity index (χ1n) is 8.18. The molecule has 1 aliphatic heterocycles. The summed E-state index contributed by atoms with van der Waals surface area (Å²) in [5, 5.41) is 26.2. The number of non-ortho nitro benzene ring substituents is 1. The van der Waals surface area contributed by atoms with E-state index in [0.717, 1.165) is 17.7 Å². The van der Waals surface area contributed by atoms with E-state index in [9.17, 15) is 20.0 Å². The SMILES string of the molecule is O=C([O-])c1ccc2c(c1)[C@H]1C=CC[C@@H]1[C@H](c1cc([N+](=O)[O-])ccc1Cl)N2. The zero-order valence-corrected chi connectivity index (χ0v) is 14.3. The Morgan fingerprint density at radius 3 is 2.73 bits per heavy atom. The van der Waals surface area contributed by atoms with Crippen molar-refractivity contribution >= 4 is 28.9 Å². The third-order valence-corrected chi connectivity index (χ3v) is 5.47. The van der Waals surface area contributed by atoms with E-state index in [0.29, 0.717) is 10.6 Å². The van der Waals surface area contributed by atoms with Crippen LogP contribution in [0.1, 0.15) is 39.9 Å². The van der Waals surface area contributed by atoms with E-state index in [2.05, 4.69) is 17.5 Å². The van der Waals surface area contributed by atoms with Crippen molar-refractivity contribution in [2.24, 2.45) is 5.92 Å². The van der Waals surface area contributed by atoms with Crippen molar-refractivity contribution in [3.05, 3.63) is 80.4 Å². The highest BCUT2D eigenvalue weighted by Gasteiger charge is 2.39. The molecule has 0 radical (unpaired) electrons. The summed E-state index contributed by atoms with van der Waals surface area (Å²) in [6, 6.07) is 9.07. The number of hydrogen-bond acceptors (Lipinski definition) is 5. The van der Waals surface area contributed by atoms with E-state index < -0.39 is 10.9 Å². The van der Waals surface area contributed by atoms with Crippen molar-refractivity contribution in [1.29, 1.82) is 0 Å². The molecule has 0 fully saturated rings. The summed E-state index contributed by atoms with van der Waals surface area (Å²) in [7, 11) is 0. The van der Waals surface area contributed by atoms with Crippen LogP contribution in [0.25, 0.3) is 0 Å². The average Bonchev–Trinajstić information content (AvgIpc) is 3.11. The monoisotopic (exact) mass is 369 g/mol. The first-order chi connectivity index (χ1) is 12.5. The number of rotatable bonds is 3. The molecule has 4 rings (SSSR count). The Bertz CT molecular complexity index is 957. The van der Waals surface area contributed by atoms with Gasteiger partial charge in [0.15, 0.2) is 0 Å². The van der Waals surface area contributed by atoms with Gasteiger partial charge in [-0.15, -0.1) is 0 Å². The van der Waals surface area contributed by atoms with Crippen LogP contribution in [0.4, 0.5) is 11.4 Å². The molecule has 0 spiro atoms. The predicted octanol–water partition coefficient (Wildman–Crippen LogP) is 3.44. The van der Waals surface area contributed by atoms with Crippen molar-refractivity contribution in [1.82, 2.24) is 0 Å². The standard InChI is InChI=1S/C19H15ClN2O4/c20-16-6-5-11(22(25)26)9-15(16)18-13-3-1-2-12(13)14-8-10(19(23)24)4-7-17(14)21-18/h1-2,4-9,12-13,18,21H,3H2,(H,23,24)/p-1/t12-,13-,18+/m0/s1. The predicted molar refractivity (Wildman–Crippen MR) is 95.2 cm³/mol. The lowest BCUT2D eigenvalue weighted by atomic mass is 9.76. The van der Waals surface area contributed by atoms with Gasteiger partial charge in [-0.05, 0) is 41.7 Å². The van der Waals surface area contributed by atoms with E-state index in [4.69, 9.17) is 11.6 Å². The van der Waals surface area contributed by atoms with Crippen molar-refractivity contribution in [2.75, 3.05) is 5.32 Å². The molecule has 1 aliphatic carbocycles. The molecule has 0 saturated heterocycles. The summed E-state index contributed by atoms with van der Waals surface area (Å²) in [6.45, 7) is 0. The average molecular weight is 370 g/mol. The lowest BCUT2D eigenvalue weighted by Crippen LogP contribution is -2.30. The number of aromatic carboxylic acids is 1. The van der Waals surface area contributed by atoms with Crippen LogP contribution >= 0.6 is 11.6 Å². The van der Waals surface area contributed by atoms with Crippen LogP contribution in [0.5, 0.6) is 0 Å². The number of benzene rings is 2. The van der Waals surface area contributed by atoms with E-state index >= 15 is 0 Å². The Morgan fingerprint density at radius 1 is 1.19 bits per heavy atom. The van der Waals surface area contributed by atoms with Gasteiger partial charge in [-0.25, -0.2) is 0 Å². The van der Waals surface area contributed by atoms with Crippen LogP contribution in [0.3, 0.4) is 0 Å². The number of nitro benzene ring substituents is 1. The number of carboxylic acids is 1. The van der Waals surface area contributed by atoms with Crippen LogP contribution in [-0.4, -0.2) is 10.9 Å². The van der Waals surface area contributed by atoms with Gasteiger partial charge in [-0.2, -0.15) is 0 Å². The molecule has 1 N–H and O–H groups in total. The third-order valence-electron chi connectivity index (χ3n) is 5.12. The molecule has 0 saturated carbocycles. The first-order valence-corrected chi connectivity index (χ1v) is 8.56. The maximum atomic E-state index is 11.2. The topological polar surface area (TPSA) is 95.3 Å². The molecule has 2 aliphatic rings. The smallest absolute Gasteiger partial charge is 0.269 e. The molecule has 0 amide bonds. The Kier molecular flexibility index (Phi) is 3.92. The van der Waals surface area contributed by atoms with Gasteiger partial charge in [0.25, 0.3) is 5.69 Å². The van der Waals surface area contributed by atoms with Crippen LogP contribution in [0, 0.1) is 16.0 Å². The second kappa shape index (κ2) is 6.14. The van der Waals surface area contributed by atoms with Gasteiger partial charge in [0.2, 0.25) is 0 Å². The molecule has 7 heteroatoms. The molecule has 0 bridgehead atoms. The highest BCUT2D eigenvalue weighted by atomic mass is 35.5. The summed E-state index contributed by atoms with van der Waals surface area (Å²) in [4.78, 5) is 21.9. The molecule has 0 aromatic heterocycles. The number of carbonyl (C=O) groups is 1. The van der Waals surface area contributed by atoms with Crippen LogP contribution < -0.4 is 10.4 Å². The Balaban J connectivity index is 1.80. The van der Waals surface area contributed by atoms with Crippen molar-refractivity contribution in [3.63, 3.8) is 0 Å². The van der Waals surface area contributed by atoms with Crippen LogP contribution in [0.2, 0.25) is 5.02 Å². The van der Waals surface area contributed by atoms with Gasteiger partial charge in [0.1, 0.15) is 0 Å². The van der Waals surface area contributed by atoms with Crippen LogP contribution in [-0.2, 0) is 0 Å². The zero-order valence-electron chi connectivity index (χ0n) is 13.5. The molecule has 6 nitrogen and oxygen atoms in total. The van der Waals surface area contributed by atoms with E-state index in [-0.39, 0.29) is 29.1 Å². The molecule has 0 unspecified atom stereocenters. The molecule has 26 heavy (non-hydrogen) atoms. The summed E-state index contributed by atoms with van der Waals surface area (Å²) >= 11 is 6.35. The Hall–Kier alpha value is -2.86. The van der Waals surface area contributed by atoms with Gasteiger partial charge in [-0.3, -0.25) is 10.1 Å². The number of halogens is 1. The summed E-state index contributed by atoms with van der Waals surface area (Å²) < 4.78 is 0. The number of nitrogens with one attached hydrogen (secondary N) is 1. The number of nitrogens with zero attached hydrogens (tertiary/aromatic N) is 1. The van der Waals surface area contributed by atoms with Crippen LogP contribution in [0.15, 0.2) is 48.6 Å². The second-order valence-electron chi connectivity index (χ2n) is 6.53. The lowest BCUT2D eigenvalue weighted by Gasteiger charge is -2.38. The highest BCUT2D eigenvalue weighted by Crippen LogP contribution is 2.51. The first kappa shape index (κ1) is 16.6. The van der Waals surface area contributed by atoms with Crippen molar-refractivity contribution in [3.8, 4) is 0 Å². The number of fused-ring (bicyclic) bond motifs is 3. The lowest BCUT2D eigenvalue weighted by molar-refractivity contribution is -0.384. The fraction of sp³-hybridized carbons (Fsp3) is 0.211. The number of allylic oxidation sites excluding steroid dienone is 2. The molecular weight excluding hydrogens is 356 g/mol. The summed E-state index contributed by atoms with van der Waals surface area (Å²) in [5.74, 6) is -1.10. The molecule has 1 heterocycles. The molecule has 3 atom stereocenters. The van der Waals surface area contributed by atoms with Gasteiger partial charge in [-0.1, -0.05) is 29.8 Å². The van der Waals surface area contributed by atoms with E-state index in [1.807, 2.05) is 0 Å². The van der Waals surface area contributed by atoms with E-state index in [1.54, 1.807) is 18.2 Å². The largest absolute Gasteiger partial charge is 0.545 e. The summed E-state index contributed by atoms with van der Waals surface area (Å²) in [5.41, 5.74) is 2.50. The van der Waals surface area contributed by atoms with Gasteiger partial charge in [0, 0.05) is 34.3 Å². The minimum absolute atomic E-state index is 0.00759. The maximum absolute atomic E-state index is 11.2. The minimum Gasteiger partial charge on any atom is -0.545 e. The second-order valence-corrected chi connectivity index (χ2v) is 6.94. The Morgan fingerprint density at radius 2 is 2.00 bits per heavy atom. The van der Waals surface area contributed by atoms with Gasteiger partial charge < -0.3 is 15.2 Å². The number of hydrogen-bond donors (Lipinski definition) is 1. The highest BCUT2D eigenvalue weighted by molar-refractivity contribution is 6.31. The number of carboxylic acid groups (broad SMARTS) is 1. The minimum atomic E-state index is -1.21. The quantitative estimate of drug-likeness (QED) is 0.508.